The number of aryl methyl sites for hydroxylation is 1. The van der Waals surface area contributed by atoms with Crippen LogP contribution in [0.4, 0.5) is 0 Å². The Morgan fingerprint density at radius 3 is 2.86 bits per heavy atom. The monoisotopic (exact) mass is 394 g/mol. The van der Waals surface area contributed by atoms with E-state index in [1.54, 1.807) is 20.1 Å². The van der Waals surface area contributed by atoms with Crippen LogP contribution in [0.3, 0.4) is 0 Å². The number of tetrazole rings is 1. The number of hydrogen-bond donors (Lipinski definition) is 2. The van der Waals surface area contributed by atoms with E-state index in [-0.39, 0.29) is 11.6 Å². The number of nitrogens with zero attached hydrogens (tertiary/aromatic N) is 6. The number of nitrogens with one attached hydrogen (secondary N) is 2. The summed E-state index contributed by atoms with van der Waals surface area (Å²) in [6, 6.07) is 9.05. The largest absolute Gasteiger partial charge is 0.497 e. The lowest BCUT2D eigenvalue weighted by molar-refractivity contribution is 0.0791. The van der Waals surface area contributed by atoms with Gasteiger partial charge in [-0.2, -0.15) is 5.21 Å². The molecule has 11 heteroatoms. The number of hydrogen-bond acceptors (Lipinski definition) is 9. The number of rotatable bonds is 6. The Morgan fingerprint density at radius 2 is 2.14 bits per heavy atom. The Hall–Kier alpha value is -3.89. The maximum absolute atomic E-state index is 12.6. The summed E-state index contributed by atoms with van der Waals surface area (Å²) < 4.78 is 5.13. The molecule has 29 heavy (non-hydrogen) atoms. The van der Waals surface area contributed by atoms with Gasteiger partial charge < -0.3 is 14.9 Å². The van der Waals surface area contributed by atoms with Crippen LogP contribution >= 0.6 is 0 Å². The Labute approximate surface area is 165 Å². The topological polar surface area (TPSA) is 140 Å². The molecule has 2 aromatic heterocycles. The van der Waals surface area contributed by atoms with Gasteiger partial charge in [-0.25, -0.2) is 9.97 Å². The van der Waals surface area contributed by atoms with E-state index >= 15 is 0 Å². The maximum atomic E-state index is 12.6. The second-order valence-corrected chi connectivity index (χ2v) is 6.32. The van der Waals surface area contributed by atoms with Gasteiger partial charge in [0.25, 0.3) is 5.91 Å². The summed E-state index contributed by atoms with van der Waals surface area (Å²) in [4.78, 5) is 26.5. The number of aromatic amines is 1. The molecule has 0 bridgehead atoms. The molecule has 0 saturated heterocycles. The van der Waals surface area contributed by atoms with Gasteiger partial charge in [0, 0.05) is 13.0 Å². The zero-order valence-electron chi connectivity index (χ0n) is 15.8. The molecule has 1 aliphatic heterocycles. The van der Waals surface area contributed by atoms with Crippen molar-refractivity contribution in [2.24, 2.45) is 5.16 Å². The fourth-order valence-electron chi connectivity index (χ4n) is 2.82. The number of ether oxygens (including phenoxy) is 1. The highest BCUT2D eigenvalue weighted by molar-refractivity contribution is 6.01. The summed E-state index contributed by atoms with van der Waals surface area (Å²) in [6.45, 7) is 2.09. The summed E-state index contributed by atoms with van der Waals surface area (Å²) in [5, 5.41) is 20.6. The van der Waals surface area contributed by atoms with E-state index < -0.39 is 6.10 Å². The quantitative estimate of drug-likeness (QED) is 0.633. The highest BCUT2D eigenvalue weighted by Gasteiger charge is 2.28. The van der Waals surface area contributed by atoms with Gasteiger partial charge in [-0.1, -0.05) is 22.5 Å². The third-order valence-corrected chi connectivity index (χ3v) is 4.30. The maximum Gasteiger partial charge on any atom is 0.270 e. The van der Waals surface area contributed by atoms with Crippen molar-refractivity contribution in [3.8, 4) is 5.75 Å². The number of H-pyrrole nitrogens is 1. The minimum atomic E-state index is -0.439. The van der Waals surface area contributed by atoms with E-state index in [0.717, 1.165) is 11.3 Å². The highest BCUT2D eigenvalue weighted by atomic mass is 16.6. The van der Waals surface area contributed by atoms with Crippen molar-refractivity contribution in [1.82, 2.24) is 35.9 Å². The van der Waals surface area contributed by atoms with Crippen LogP contribution in [0.5, 0.6) is 5.75 Å². The Balaban J connectivity index is 1.44. The molecule has 3 aromatic rings. The van der Waals surface area contributed by atoms with E-state index in [4.69, 9.17) is 9.57 Å². The predicted molar refractivity (Wildman–Crippen MR) is 100 cm³/mol. The minimum absolute atomic E-state index is 0.256. The minimum Gasteiger partial charge on any atom is -0.497 e. The summed E-state index contributed by atoms with van der Waals surface area (Å²) in [5.41, 5.74) is 2.32. The molecular formula is C18H18N8O3. The number of methoxy groups -OCH3 is 1. The average Bonchev–Trinajstić information content (AvgIpc) is 3.43. The summed E-state index contributed by atoms with van der Waals surface area (Å²) in [7, 11) is 1.61. The molecule has 0 spiro atoms. The van der Waals surface area contributed by atoms with Crippen LogP contribution in [0.2, 0.25) is 0 Å². The average molecular weight is 394 g/mol. The molecule has 0 aliphatic carbocycles. The molecule has 0 saturated carbocycles. The molecule has 1 amide bonds. The first-order valence-electron chi connectivity index (χ1n) is 8.85. The van der Waals surface area contributed by atoms with Crippen LogP contribution in [0.15, 0.2) is 35.5 Å². The van der Waals surface area contributed by atoms with Crippen molar-refractivity contribution in [3.63, 3.8) is 0 Å². The second-order valence-electron chi connectivity index (χ2n) is 6.32. The van der Waals surface area contributed by atoms with Crippen molar-refractivity contribution in [2.75, 3.05) is 7.11 Å². The lowest BCUT2D eigenvalue weighted by Crippen LogP contribution is -2.25. The molecule has 1 aromatic carbocycles. The van der Waals surface area contributed by atoms with Crippen LogP contribution in [-0.2, 0) is 11.4 Å². The standard InChI is InChI=1S/C18H18N8O3/c1-10-20-13(14-8-16(29-24-14)17-22-25-26-23-17)7-15(21-10)18(27)19-9-11-3-5-12(28-2)6-4-11/h3-7,16H,8-9H2,1-2H3,(H,19,27)(H,22,23,25,26). The molecular weight excluding hydrogens is 376 g/mol. The van der Waals surface area contributed by atoms with Gasteiger partial charge in [0.1, 0.15) is 23.0 Å². The lowest BCUT2D eigenvalue weighted by atomic mass is 10.1. The zero-order chi connectivity index (χ0) is 20.2. The Bertz CT molecular complexity index is 1030. The highest BCUT2D eigenvalue weighted by Crippen LogP contribution is 2.26. The summed E-state index contributed by atoms with van der Waals surface area (Å²) in [5.74, 6) is 1.33. The van der Waals surface area contributed by atoms with Crippen LogP contribution in [0.25, 0.3) is 0 Å². The van der Waals surface area contributed by atoms with Crippen molar-refractivity contribution in [2.45, 2.75) is 26.0 Å². The van der Waals surface area contributed by atoms with E-state index in [9.17, 15) is 4.79 Å². The van der Waals surface area contributed by atoms with Crippen LogP contribution < -0.4 is 10.1 Å². The summed E-state index contributed by atoms with van der Waals surface area (Å²) in [6.07, 6.45) is -0.0190. The number of benzene rings is 1. The number of amides is 1. The van der Waals surface area contributed by atoms with Crippen molar-refractivity contribution in [1.29, 1.82) is 0 Å². The van der Waals surface area contributed by atoms with Gasteiger partial charge >= 0.3 is 0 Å². The fourth-order valence-corrected chi connectivity index (χ4v) is 2.82. The zero-order valence-corrected chi connectivity index (χ0v) is 15.8. The summed E-state index contributed by atoms with van der Waals surface area (Å²) >= 11 is 0. The molecule has 0 fully saturated rings. The van der Waals surface area contributed by atoms with Crippen LogP contribution in [0.1, 0.15) is 45.9 Å². The molecule has 1 unspecified atom stereocenters. The third-order valence-electron chi connectivity index (χ3n) is 4.30. The molecule has 0 radical (unpaired) electrons. The first-order chi connectivity index (χ1) is 14.1. The van der Waals surface area contributed by atoms with Gasteiger partial charge in [0.15, 0.2) is 6.10 Å². The first kappa shape index (κ1) is 18.5. The van der Waals surface area contributed by atoms with Crippen molar-refractivity contribution < 1.29 is 14.4 Å². The van der Waals surface area contributed by atoms with E-state index in [1.807, 2.05) is 24.3 Å². The Kier molecular flexibility index (Phi) is 5.10. The molecule has 4 rings (SSSR count). The van der Waals surface area contributed by atoms with Gasteiger partial charge in [-0.3, -0.25) is 4.79 Å². The second kappa shape index (κ2) is 8.00. The Morgan fingerprint density at radius 1 is 1.31 bits per heavy atom. The van der Waals surface area contributed by atoms with Crippen molar-refractivity contribution >= 4 is 11.6 Å². The number of aromatic nitrogens is 6. The number of carbonyl (C=O) groups excluding carboxylic acids is 1. The molecule has 148 valence electrons. The third kappa shape index (κ3) is 4.18. The predicted octanol–water partition coefficient (Wildman–Crippen LogP) is 1.10. The normalized spacial score (nSPS) is 15.5. The lowest BCUT2D eigenvalue weighted by Gasteiger charge is -2.08. The van der Waals surface area contributed by atoms with E-state index in [2.05, 4.69) is 41.1 Å². The molecule has 2 N–H and O–H groups in total. The fraction of sp³-hybridized carbons (Fsp3) is 0.278. The van der Waals surface area contributed by atoms with Crippen LogP contribution in [0, 0.1) is 6.92 Å². The van der Waals surface area contributed by atoms with Gasteiger partial charge in [0.05, 0.1) is 12.8 Å². The van der Waals surface area contributed by atoms with Gasteiger partial charge in [0.2, 0.25) is 5.82 Å². The van der Waals surface area contributed by atoms with E-state index in [1.165, 1.54) is 0 Å². The van der Waals surface area contributed by atoms with Crippen molar-refractivity contribution in [3.05, 3.63) is 58.9 Å². The first-order valence-corrected chi connectivity index (χ1v) is 8.85. The molecule has 11 nitrogen and oxygen atoms in total. The molecule has 1 atom stereocenters. The molecule has 1 aliphatic rings. The smallest absolute Gasteiger partial charge is 0.270 e. The van der Waals surface area contributed by atoms with E-state index in [0.29, 0.717) is 36.0 Å². The SMILES string of the molecule is COc1ccc(CNC(=O)c2cc(C3=NOC(c4nn[nH]n4)C3)nc(C)n2)cc1. The number of carbonyl (C=O) groups is 1. The van der Waals surface area contributed by atoms with Gasteiger partial charge in [-0.05, 0) is 30.7 Å². The molecule has 3 heterocycles. The van der Waals surface area contributed by atoms with Crippen LogP contribution in [-0.4, -0.2) is 49.3 Å². The number of oxime groups is 1. The van der Waals surface area contributed by atoms with Gasteiger partial charge in [-0.15, -0.1) is 10.2 Å².